The molecule has 0 saturated heterocycles. The standard InChI is InChI=1S/C17H21BrN2O2/c1-11-9-20(10-17(22)6-12(7-17)8-19)3-2-13-4-15(18)16(21)5-14(11)13/h4-5,11-12,21-22H,2-3,6-7,9-10H2,1H3. The van der Waals surface area contributed by atoms with Crippen molar-refractivity contribution in [3.63, 3.8) is 0 Å². The van der Waals surface area contributed by atoms with Crippen molar-refractivity contribution >= 4 is 15.9 Å². The molecule has 1 aliphatic carbocycles. The van der Waals surface area contributed by atoms with Crippen LogP contribution in [0.5, 0.6) is 5.75 Å². The molecule has 1 aliphatic heterocycles. The molecule has 1 fully saturated rings. The Morgan fingerprint density at radius 1 is 1.45 bits per heavy atom. The maximum Gasteiger partial charge on any atom is 0.130 e. The SMILES string of the molecule is CC1CN(CC2(O)CC(C#N)C2)CCc2cc(Br)c(O)cc21. The zero-order valence-electron chi connectivity index (χ0n) is 12.7. The number of benzene rings is 1. The van der Waals surface area contributed by atoms with Crippen LogP contribution in [0.4, 0.5) is 0 Å². The van der Waals surface area contributed by atoms with Gasteiger partial charge in [-0.25, -0.2) is 0 Å². The van der Waals surface area contributed by atoms with E-state index in [1.165, 1.54) is 11.1 Å². The van der Waals surface area contributed by atoms with Gasteiger partial charge in [-0.1, -0.05) is 6.92 Å². The van der Waals surface area contributed by atoms with Crippen LogP contribution in [0.2, 0.25) is 0 Å². The number of halogens is 1. The van der Waals surface area contributed by atoms with Gasteiger partial charge in [-0.05, 0) is 64.4 Å². The predicted molar refractivity (Wildman–Crippen MR) is 87.7 cm³/mol. The molecule has 1 atom stereocenters. The first kappa shape index (κ1) is 15.8. The highest BCUT2D eigenvalue weighted by atomic mass is 79.9. The number of nitrogens with zero attached hydrogens (tertiary/aromatic N) is 2. The van der Waals surface area contributed by atoms with Crippen LogP contribution in [-0.4, -0.2) is 40.3 Å². The Morgan fingerprint density at radius 3 is 2.86 bits per heavy atom. The van der Waals surface area contributed by atoms with Crippen LogP contribution in [-0.2, 0) is 6.42 Å². The molecule has 3 rings (SSSR count). The third-order valence-electron chi connectivity index (χ3n) is 4.92. The van der Waals surface area contributed by atoms with Crippen LogP contribution in [0.25, 0.3) is 0 Å². The third kappa shape index (κ3) is 3.01. The minimum Gasteiger partial charge on any atom is -0.507 e. The fourth-order valence-corrected chi connectivity index (χ4v) is 4.18. The summed E-state index contributed by atoms with van der Waals surface area (Å²) in [6, 6.07) is 6.10. The summed E-state index contributed by atoms with van der Waals surface area (Å²) in [4.78, 5) is 2.29. The van der Waals surface area contributed by atoms with Crippen molar-refractivity contribution < 1.29 is 10.2 Å². The molecule has 4 nitrogen and oxygen atoms in total. The summed E-state index contributed by atoms with van der Waals surface area (Å²) in [6.07, 6.45) is 2.09. The summed E-state index contributed by atoms with van der Waals surface area (Å²) < 4.78 is 0.737. The van der Waals surface area contributed by atoms with Crippen LogP contribution in [0, 0.1) is 17.2 Å². The second kappa shape index (κ2) is 5.84. The second-order valence-corrected chi connectivity index (χ2v) is 7.70. The summed E-state index contributed by atoms with van der Waals surface area (Å²) in [5, 5.41) is 29.3. The van der Waals surface area contributed by atoms with E-state index in [0.717, 1.165) is 24.0 Å². The van der Waals surface area contributed by atoms with Gasteiger partial charge in [0.15, 0.2) is 0 Å². The molecule has 1 saturated carbocycles. The Hall–Kier alpha value is -1.09. The molecule has 1 aromatic carbocycles. The van der Waals surface area contributed by atoms with Crippen LogP contribution < -0.4 is 0 Å². The number of hydrogen-bond donors (Lipinski definition) is 2. The zero-order valence-corrected chi connectivity index (χ0v) is 14.3. The number of phenolic OH excluding ortho intramolecular Hbond substituents is 1. The molecule has 0 bridgehead atoms. The third-order valence-corrected chi connectivity index (χ3v) is 5.56. The van der Waals surface area contributed by atoms with E-state index in [1.54, 1.807) is 0 Å². The van der Waals surface area contributed by atoms with Crippen molar-refractivity contribution in [3.8, 4) is 11.8 Å². The van der Waals surface area contributed by atoms with E-state index in [1.807, 2.05) is 12.1 Å². The van der Waals surface area contributed by atoms with E-state index in [4.69, 9.17) is 5.26 Å². The topological polar surface area (TPSA) is 67.5 Å². The number of aromatic hydroxyl groups is 1. The lowest BCUT2D eigenvalue weighted by molar-refractivity contribution is -0.0790. The van der Waals surface area contributed by atoms with E-state index in [0.29, 0.717) is 25.3 Å². The molecule has 5 heteroatoms. The Labute approximate surface area is 139 Å². The lowest BCUT2D eigenvalue weighted by Gasteiger charge is -2.43. The number of aliphatic hydroxyl groups is 1. The van der Waals surface area contributed by atoms with Crippen LogP contribution in [0.15, 0.2) is 16.6 Å². The summed E-state index contributed by atoms with van der Waals surface area (Å²) >= 11 is 3.38. The van der Waals surface area contributed by atoms with Gasteiger partial charge in [-0.3, -0.25) is 4.90 Å². The lowest BCUT2D eigenvalue weighted by Crippen LogP contribution is -2.52. The Balaban J connectivity index is 1.71. The van der Waals surface area contributed by atoms with Crippen molar-refractivity contribution in [2.24, 2.45) is 5.92 Å². The van der Waals surface area contributed by atoms with Crippen molar-refractivity contribution in [1.29, 1.82) is 5.26 Å². The highest BCUT2D eigenvalue weighted by Crippen LogP contribution is 2.39. The first-order valence-electron chi connectivity index (χ1n) is 7.76. The molecule has 0 radical (unpaired) electrons. The first-order valence-corrected chi connectivity index (χ1v) is 8.55. The average Bonchev–Trinajstić information content (AvgIpc) is 2.57. The number of nitriles is 1. The van der Waals surface area contributed by atoms with Crippen LogP contribution >= 0.6 is 15.9 Å². The first-order chi connectivity index (χ1) is 10.4. The van der Waals surface area contributed by atoms with E-state index in [2.05, 4.69) is 33.8 Å². The van der Waals surface area contributed by atoms with Gasteiger partial charge in [0, 0.05) is 19.6 Å². The van der Waals surface area contributed by atoms with Crippen LogP contribution in [0.3, 0.4) is 0 Å². The predicted octanol–water partition coefficient (Wildman–Crippen LogP) is 2.78. The van der Waals surface area contributed by atoms with Gasteiger partial charge < -0.3 is 10.2 Å². The van der Waals surface area contributed by atoms with E-state index in [9.17, 15) is 10.2 Å². The molecular formula is C17H21BrN2O2. The van der Waals surface area contributed by atoms with Gasteiger partial charge in [0.1, 0.15) is 5.75 Å². The molecule has 2 aliphatic rings. The van der Waals surface area contributed by atoms with Gasteiger partial charge in [0.05, 0.1) is 22.1 Å². The largest absolute Gasteiger partial charge is 0.507 e. The summed E-state index contributed by atoms with van der Waals surface area (Å²) in [5.41, 5.74) is 1.76. The minimum atomic E-state index is -0.695. The minimum absolute atomic E-state index is 0.0134. The molecule has 0 aromatic heterocycles. The van der Waals surface area contributed by atoms with Gasteiger partial charge in [0.25, 0.3) is 0 Å². The average molecular weight is 365 g/mol. The van der Waals surface area contributed by atoms with Gasteiger partial charge in [-0.2, -0.15) is 5.26 Å². The molecule has 0 amide bonds. The second-order valence-electron chi connectivity index (χ2n) is 6.85. The van der Waals surface area contributed by atoms with Crippen molar-refractivity contribution in [1.82, 2.24) is 4.90 Å². The quantitative estimate of drug-likeness (QED) is 0.846. The molecule has 1 aromatic rings. The zero-order chi connectivity index (χ0) is 15.9. The molecule has 22 heavy (non-hydrogen) atoms. The van der Waals surface area contributed by atoms with Gasteiger partial charge in [-0.15, -0.1) is 0 Å². The summed E-state index contributed by atoms with van der Waals surface area (Å²) in [5.74, 6) is 0.611. The Bertz CT molecular complexity index is 620. The highest BCUT2D eigenvalue weighted by molar-refractivity contribution is 9.10. The number of β-amino-alcohol motifs (C(OH)–C–C–N with tert-alkyl or cyclic N) is 1. The number of fused-ring (bicyclic) bond motifs is 1. The molecule has 1 unspecified atom stereocenters. The molecule has 118 valence electrons. The highest BCUT2D eigenvalue weighted by Gasteiger charge is 2.44. The molecular weight excluding hydrogens is 344 g/mol. The Kier molecular flexibility index (Phi) is 4.19. The van der Waals surface area contributed by atoms with Crippen molar-refractivity contribution in [3.05, 3.63) is 27.7 Å². The smallest absolute Gasteiger partial charge is 0.130 e. The number of rotatable bonds is 2. The van der Waals surface area contributed by atoms with Gasteiger partial charge >= 0.3 is 0 Å². The normalized spacial score (nSPS) is 31.7. The molecule has 2 N–H and O–H groups in total. The van der Waals surface area contributed by atoms with E-state index < -0.39 is 5.60 Å². The van der Waals surface area contributed by atoms with Crippen molar-refractivity contribution in [2.75, 3.05) is 19.6 Å². The summed E-state index contributed by atoms with van der Waals surface area (Å²) in [7, 11) is 0. The van der Waals surface area contributed by atoms with E-state index >= 15 is 0 Å². The number of phenols is 1. The molecule has 1 heterocycles. The van der Waals surface area contributed by atoms with Crippen LogP contribution in [0.1, 0.15) is 36.8 Å². The monoisotopic (exact) mass is 364 g/mol. The lowest BCUT2D eigenvalue weighted by atomic mass is 9.71. The maximum atomic E-state index is 10.5. The van der Waals surface area contributed by atoms with Gasteiger partial charge in [0.2, 0.25) is 0 Å². The fraction of sp³-hybridized carbons (Fsp3) is 0.588. The molecule has 0 spiro atoms. The summed E-state index contributed by atoms with van der Waals surface area (Å²) in [6.45, 7) is 4.56. The fourth-order valence-electron chi connectivity index (χ4n) is 3.79. The van der Waals surface area contributed by atoms with Crippen molar-refractivity contribution in [2.45, 2.75) is 37.7 Å². The van der Waals surface area contributed by atoms with E-state index in [-0.39, 0.29) is 11.7 Å². The number of hydrogen-bond acceptors (Lipinski definition) is 4. The Morgan fingerprint density at radius 2 is 2.18 bits per heavy atom. The maximum absolute atomic E-state index is 10.5.